The highest BCUT2D eigenvalue weighted by Gasteiger charge is 2.17. The maximum atomic E-state index is 11.9. The summed E-state index contributed by atoms with van der Waals surface area (Å²) in [6.45, 7) is 8.98. The maximum absolute atomic E-state index is 11.9. The van der Waals surface area contributed by atoms with Crippen molar-refractivity contribution >= 4 is 17.4 Å². The maximum Gasteiger partial charge on any atom is 0.315 e. The van der Waals surface area contributed by atoms with Gasteiger partial charge in [-0.2, -0.15) is 0 Å². The molecule has 0 radical (unpaired) electrons. The SMILES string of the molecule is C[C@H](NC(=O)NCCc1nc(C(C)(C)C)cs1)c1ccncc1. The average Bonchev–Trinajstić information content (AvgIpc) is 2.97. The van der Waals surface area contributed by atoms with E-state index in [4.69, 9.17) is 0 Å². The van der Waals surface area contributed by atoms with Gasteiger partial charge in [-0.1, -0.05) is 20.8 Å². The van der Waals surface area contributed by atoms with Gasteiger partial charge in [-0.25, -0.2) is 9.78 Å². The fourth-order valence-electron chi connectivity index (χ4n) is 2.04. The van der Waals surface area contributed by atoms with Gasteiger partial charge in [0.25, 0.3) is 0 Å². The Balaban J connectivity index is 1.76. The zero-order valence-corrected chi connectivity index (χ0v) is 14.9. The fraction of sp³-hybridized carbons (Fsp3) is 0.471. The summed E-state index contributed by atoms with van der Waals surface area (Å²) in [5.74, 6) is 0. The first-order valence-electron chi connectivity index (χ1n) is 7.75. The number of nitrogens with zero attached hydrogens (tertiary/aromatic N) is 2. The molecule has 0 bridgehead atoms. The number of urea groups is 1. The molecule has 0 aliphatic carbocycles. The van der Waals surface area contributed by atoms with Crippen LogP contribution >= 0.6 is 11.3 Å². The molecule has 6 heteroatoms. The number of nitrogens with one attached hydrogen (secondary N) is 2. The van der Waals surface area contributed by atoms with Crippen molar-refractivity contribution in [2.45, 2.75) is 45.6 Å². The van der Waals surface area contributed by atoms with E-state index in [-0.39, 0.29) is 17.5 Å². The lowest BCUT2D eigenvalue weighted by molar-refractivity contribution is 0.238. The molecule has 0 aliphatic heterocycles. The van der Waals surface area contributed by atoms with Gasteiger partial charge < -0.3 is 10.6 Å². The first kappa shape index (κ1) is 17.4. The topological polar surface area (TPSA) is 66.9 Å². The molecule has 0 unspecified atom stereocenters. The van der Waals surface area contributed by atoms with E-state index in [9.17, 15) is 4.79 Å². The minimum absolute atomic E-state index is 0.0506. The van der Waals surface area contributed by atoms with Crippen LogP contribution in [0.5, 0.6) is 0 Å². The zero-order chi connectivity index (χ0) is 16.9. The number of aromatic nitrogens is 2. The van der Waals surface area contributed by atoms with Crippen molar-refractivity contribution in [2.24, 2.45) is 0 Å². The van der Waals surface area contributed by atoms with E-state index in [0.29, 0.717) is 6.54 Å². The fourth-order valence-corrected chi connectivity index (χ4v) is 3.06. The third-order valence-corrected chi connectivity index (χ3v) is 4.41. The molecule has 0 fully saturated rings. The number of rotatable bonds is 5. The van der Waals surface area contributed by atoms with Gasteiger partial charge in [0.2, 0.25) is 0 Å². The van der Waals surface area contributed by atoms with Gasteiger partial charge in [0, 0.05) is 36.2 Å². The smallest absolute Gasteiger partial charge is 0.315 e. The molecule has 124 valence electrons. The molecule has 23 heavy (non-hydrogen) atoms. The molecule has 2 amide bonds. The number of carbonyl (C=O) groups excluding carboxylic acids is 1. The lowest BCUT2D eigenvalue weighted by atomic mass is 9.93. The van der Waals surface area contributed by atoms with Gasteiger partial charge in [-0.15, -0.1) is 11.3 Å². The van der Waals surface area contributed by atoms with E-state index >= 15 is 0 Å². The van der Waals surface area contributed by atoms with Crippen molar-refractivity contribution in [3.05, 3.63) is 46.2 Å². The minimum Gasteiger partial charge on any atom is -0.338 e. The molecule has 1 atom stereocenters. The van der Waals surface area contributed by atoms with Gasteiger partial charge in [-0.3, -0.25) is 4.98 Å². The molecule has 0 saturated heterocycles. The Morgan fingerprint density at radius 2 is 2.00 bits per heavy atom. The molecule has 5 nitrogen and oxygen atoms in total. The number of thiazole rings is 1. The first-order valence-corrected chi connectivity index (χ1v) is 8.63. The molecule has 2 aromatic heterocycles. The van der Waals surface area contributed by atoms with Crippen molar-refractivity contribution in [3.8, 4) is 0 Å². The van der Waals surface area contributed by atoms with Crippen molar-refractivity contribution in [3.63, 3.8) is 0 Å². The second-order valence-corrected chi connectivity index (χ2v) is 7.47. The summed E-state index contributed by atoms with van der Waals surface area (Å²) in [6, 6.07) is 3.58. The lowest BCUT2D eigenvalue weighted by Crippen LogP contribution is -2.38. The Morgan fingerprint density at radius 1 is 1.30 bits per heavy atom. The van der Waals surface area contributed by atoms with E-state index in [2.05, 4.69) is 46.8 Å². The van der Waals surface area contributed by atoms with Crippen molar-refractivity contribution in [2.75, 3.05) is 6.54 Å². The summed E-state index contributed by atoms with van der Waals surface area (Å²) in [7, 11) is 0. The van der Waals surface area contributed by atoms with E-state index in [1.165, 1.54) is 0 Å². The third kappa shape index (κ3) is 5.32. The predicted octanol–water partition coefficient (Wildman–Crippen LogP) is 3.44. The Labute approximate surface area is 141 Å². The highest BCUT2D eigenvalue weighted by molar-refractivity contribution is 7.09. The molecule has 2 rings (SSSR count). The van der Waals surface area contributed by atoms with E-state index in [0.717, 1.165) is 22.7 Å². The van der Waals surface area contributed by atoms with E-state index in [1.807, 2.05) is 19.1 Å². The predicted molar refractivity (Wildman–Crippen MR) is 93.7 cm³/mol. The van der Waals surface area contributed by atoms with E-state index in [1.54, 1.807) is 23.7 Å². The van der Waals surface area contributed by atoms with Crippen LogP contribution in [0.1, 0.15) is 50.0 Å². The number of hydrogen-bond donors (Lipinski definition) is 2. The number of pyridine rings is 1. The van der Waals surface area contributed by atoms with Crippen LogP contribution < -0.4 is 10.6 Å². The van der Waals surface area contributed by atoms with Crippen LogP contribution in [0.2, 0.25) is 0 Å². The Morgan fingerprint density at radius 3 is 2.61 bits per heavy atom. The number of amides is 2. The molecular weight excluding hydrogens is 308 g/mol. The second-order valence-electron chi connectivity index (χ2n) is 6.53. The van der Waals surface area contributed by atoms with Gasteiger partial charge in [-0.05, 0) is 24.6 Å². The normalized spacial score (nSPS) is 12.7. The first-order chi connectivity index (χ1) is 10.9. The molecular formula is C17H24N4OS. The van der Waals surface area contributed by atoms with Gasteiger partial charge in [0.15, 0.2) is 0 Å². The second kappa shape index (κ2) is 7.55. The standard InChI is InChI=1S/C17H24N4OS/c1-12(13-5-8-18-9-6-13)20-16(22)19-10-7-15-21-14(11-23-15)17(2,3)4/h5-6,8-9,11-12H,7,10H2,1-4H3,(H2,19,20,22)/t12-/m0/s1. The number of hydrogen-bond acceptors (Lipinski definition) is 4. The summed E-state index contributed by atoms with van der Waals surface area (Å²) in [5, 5.41) is 8.95. The summed E-state index contributed by atoms with van der Waals surface area (Å²) in [5.41, 5.74) is 2.21. The van der Waals surface area contributed by atoms with Crippen LogP contribution in [0.3, 0.4) is 0 Å². The highest BCUT2D eigenvalue weighted by Crippen LogP contribution is 2.23. The molecule has 0 aliphatic rings. The Hall–Kier alpha value is -1.95. The van der Waals surface area contributed by atoms with Gasteiger partial charge in [0.1, 0.15) is 0 Å². The molecule has 2 heterocycles. The monoisotopic (exact) mass is 332 g/mol. The van der Waals surface area contributed by atoms with Crippen molar-refractivity contribution in [1.29, 1.82) is 0 Å². The van der Waals surface area contributed by atoms with Crippen LogP contribution in [-0.2, 0) is 11.8 Å². The molecule has 2 N–H and O–H groups in total. The third-order valence-electron chi connectivity index (χ3n) is 3.50. The Kier molecular flexibility index (Phi) is 5.71. The van der Waals surface area contributed by atoms with Crippen LogP contribution in [0.15, 0.2) is 29.9 Å². The average molecular weight is 332 g/mol. The summed E-state index contributed by atoms with van der Waals surface area (Å²) in [4.78, 5) is 20.5. The Bertz CT molecular complexity index is 634. The molecule has 2 aromatic rings. The summed E-state index contributed by atoms with van der Waals surface area (Å²) < 4.78 is 0. The van der Waals surface area contributed by atoms with Crippen molar-refractivity contribution < 1.29 is 4.79 Å². The van der Waals surface area contributed by atoms with Gasteiger partial charge in [0.05, 0.1) is 16.7 Å². The van der Waals surface area contributed by atoms with Crippen molar-refractivity contribution in [1.82, 2.24) is 20.6 Å². The number of carbonyl (C=O) groups is 1. The largest absolute Gasteiger partial charge is 0.338 e. The minimum atomic E-state index is -0.165. The van der Waals surface area contributed by atoms with Crippen LogP contribution in [0, 0.1) is 0 Å². The lowest BCUT2D eigenvalue weighted by Gasteiger charge is -2.15. The summed E-state index contributed by atoms with van der Waals surface area (Å²) >= 11 is 1.65. The summed E-state index contributed by atoms with van der Waals surface area (Å²) in [6.07, 6.45) is 4.19. The van der Waals surface area contributed by atoms with Crippen LogP contribution in [0.4, 0.5) is 4.79 Å². The van der Waals surface area contributed by atoms with Crippen LogP contribution in [0.25, 0.3) is 0 Å². The van der Waals surface area contributed by atoms with E-state index < -0.39 is 0 Å². The zero-order valence-electron chi connectivity index (χ0n) is 14.1. The van der Waals surface area contributed by atoms with Crippen LogP contribution in [-0.4, -0.2) is 22.5 Å². The quantitative estimate of drug-likeness (QED) is 0.881. The van der Waals surface area contributed by atoms with Gasteiger partial charge >= 0.3 is 6.03 Å². The molecule has 0 saturated carbocycles. The molecule has 0 aromatic carbocycles. The highest BCUT2D eigenvalue weighted by atomic mass is 32.1. The molecule has 0 spiro atoms.